The number of hydrogen-bond donors (Lipinski definition) is 2. The molecule has 3 N–H and O–H groups in total. The van der Waals surface area contributed by atoms with Crippen LogP contribution >= 0.6 is 8.03 Å². The summed E-state index contributed by atoms with van der Waals surface area (Å²) in [5.41, 5.74) is 7.98. The Hall–Kier alpha value is -1.57. The molecule has 0 heterocycles. The fourth-order valence-corrected chi connectivity index (χ4v) is 2.33. The van der Waals surface area contributed by atoms with E-state index in [-0.39, 0.29) is 0 Å². The van der Waals surface area contributed by atoms with Gasteiger partial charge in [-0.15, -0.1) is 0 Å². The van der Waals surface area contributed by atoms with Crippen LogP contribution in [0.2, 0.25) is 0 Å². The van der Waals surface area contributed by atoms with Crippen molar-refractivity contribution in [2.75, 3.05) is 5.73 Å². The van der Waals surface area contributed by atoms with E-state index in [1.807, 2.05) is 24.3 Å². The molecule has 2 rings (SSSR count). The molecule has 0 spiro atoms. The van der Waals surface area contributed by atoms with Gasteiger partial charge in [-0.2, -0.15) is 0 Å². The predicted molar refractivity (Wildman–Crippen MR) is 67.1 cm³/mol. The second-order valence-electron chi connectivity index (χ2n) is 3.44. The lowest BCUT2D eigenvalue weighted by atomic mass is 10.0. The van der Waals surface area contributed by atoms with Crippen molar-refractivity contribution in [2.45, 2.75) is 0 Å². The van der Waals surface area contributed by atoms with E-state index in [9.17, 15) is 9.46 Å². The number of nitrogen functional groups attached to an aromatic ring is 1. The third-order valence-corrected chi connectivity index (χ3v) is 3.31. The minimum Gasteiger partial charge on any atom is -0.398 e. The molecule has 2 aromatic carbocycles. The zero-order valence-corrected chi connectivity index (χ0v) is 9.55. The van der Waals surface area contributed by atoms with Crippen LogP contribution in [0.1, 0.15) is 0 Å². The number of hydrogen-bond acceptors (Lipinski definition) is 2. The second-order valence-corrected chi connectivity index (χ2v) is 4.59. The largest absolute Gasteiger partial charge is 0.398 e. The Kier molecular flexibility index (Phi) is 3.09. The highest BCUT2D eigenvalue weighted by Crippen LogP contribution is 2.28. The van der Waals surface area contributed by atoms with Gasteiger partial charge in [0.1, 0.15) is 0 Å². The molecule has 0 aliphatic rings. The smallest absolute Gasteiger partial charge is 0.218 e. The fourth-order valence-electron chi connectivity index (χ4n) is 1.65. The van der Waals surface area contributed by atoms with E-state index < -0.39 is 8.03 Å². The van der Waals surface area contributed by atoms with Gasteiger partial charge >= 0.3 is 0 Å². The number of nitrogens with two attached hydrogens (primary N) is 1. The summed E-state index contributed by atoms with van der Waals surface area (Å²) in [4.78, 5) is 9.26. The highest BCUT2D eigenvalue weighted by molar-refractivity contribution is 7.47. The van der Waals surface area contributed by atoms with E-state index in [1.165, 1.54) is 0 Å². The summed E-state index contributed by atoms with van der Waals surface area (Å²) in [6.45, 7) is 0. The maximum atomic E-state index is 11.3. The number of anilines is 1. The Labute approximate surface area is 94.4 Å². The molecule has 4 heteroatoms. The van der Waals surface area contributed by atoms with Crippen LogP contribution in [-0.4, -0.2) is 4.89 Å². The van der Waals surface area contributed by atoms with Gasteiger partial charge in [-0.25, -0.2) is 0 Å². The molecular formula is C12H12NO2P. The molecule has 1 atom stereocenters. The molecule has 16 heavy (non-hydrogen) atoms. The Morgan fingerprint density at radius 2 is 1.50 bits per heavy atom. The van der Waals surface area contributed by atoms with Gasteiger partial charge in [0.25, 0.3) is 0 Å². The van der Waals surface area contributed by atoms with Crippen LogP contribution < -0.4 is 11.0 Å². The van der Waals surface area contributed by atoms with Gasteiger partial charge < -0.3 is 10.6 Å². The van der Waals surface area contributed by atoms with Gasteiger partial charge in [0.05, 0.1) is 0 Å². The van der Waals surface area contributed by atoms with E-state index in [1.54, 1.807) is 24.3 Å². The molecule has 0 aliphatic heterocycles. The first kappa shape index (κ1) is 10.9. The van der Waals surface area contributed by atoms with Gasteiger partial charge in [0.15, 0.2) is 0 Å². The van der Waals surface area contributed by atoms with Crippen molar-refractivity contribution in [1.82, 2.24) is 0 Å². The van der Waals surface area contributed by atoms with Crippen LogP contribution in [0.3, 0.4) is 0 Å². The molecule has 0 fully saturated rings. The molecule has 0 aromatic heterocycles. The predicted octanol–water partition coefficient (Wildman–Crippen LogP) is 2.03. The molecule has 0 saturated carbocycles. The summed E-state index contributed by atoms with van der Waals surface area (Å²) in [7, 11) is -2.71. The van der Waals surface area contributed by atoms with Gasteiger partial charge in [0, 0.05) is 16.6 Å². The molecule has 0 amide bonds. The van der Waals surface area contributed by atoms with Crippen molar-refractivity contribution in [2.24, 2.45) is 0 Å². The molecule has 1 unspecified atom stereocenters. The molecule has 0 radical (unpaired) electrons. The van der Waals surface area contributed by atoms with Crippen LogP contribution in [0.5, 0.6) is 0 Å². The maximum absolute atomic E-state index is 11.3. The lowest BCUT2D eigenvalue weighted by Crippen LogP contribution is -2.02. The topological polar surface area (TPSA) is 63.3 Å². The van der Waals surface area contributed by atoms with Crippen molar-refractivity contribution in [3.63, 3.8) is 0 Å². The normalized spacial score (nSPS) is 12.3. The minimum absolute atomic E-state index is 0.449. The molecule has 82 valence electrons. The third kappa shape index (κ3) is 2.01. The van der Waals surface area contributed by atoms with Crippen LogP contribution in [0.4, 0.5) is 5.69 Å². The Balaban J connectivity index is 2.65. The Morgan fingerprint density at radius 1 is 0.938 bits per heavy atom. The monoisotopic (exact) mass is 233 g/mol. The van der Waals surface area contributed by atoms with Gasteiger partial charge in [-0.05, 0) is 17.7 Å². The molecule has 0 aliphatic carbocycles. The fraction of sp³-hybridized carbons (Fsp3) is 0. The summed E-state index contributed by atoms with van der Waals surface area (Å²) in [5, 5.41) is 0.449. The first-order valence-corrected chi connectivity index (χ1v) is 6.23. The molecule has 2 aromatic rings. The Morgan fingerprint density at radius 3 is 2.12 bits per heavy atom. The maximum Gasteiger partial charge on any atom is 0.218 e. The second kappa shape index (κ2) is 4.52. The molecule has 0 bridgehead atoms. The van der Waals surface area contributed by atoms with Crippen molar-refractivity contribution in [3.05, 3.63) is 48.5 Å². The third-order valence-electron chi connectivity index (χ3n) is 2.41. The van der Waals surface area contributed by atoms with Crippen LogP contribution in [0.25, 0.3) is 11.1 Å². The van der Waals surface area contributed by atoms with Crippen molar-refractivity contribution in [3.8, 4) is 11.1 Å². The summed E-state index contributed by atoms with van der Waals surface area (Å²) in [6.07, 6.45) is 0. The first-order valence-electron chi connectivity index (χ1n) is 4.87. The lowest BCUT2D eigenvalue weighted by Gasteiger charge is -2.09. The zero-order chi connectivity index (χ0) is 11.5. The molecule has 0 saturated heterocycles. The number of para-hydroxylation sites is 1. The first-order chi connectivity index (χ1) is 7.70. The van der Waals surface area contributed by atoms with Gasteiger partial charge in [-0.1, -0.05) is 36.4 Å². The van der Waals surface area contributed by atoms with Gasteiger partial charge in [0.2, 0.25) is 8.03 Å². The number of rotatable bonds is 2. The summed E-state index contributed by atoms with van der Waals surface area (Å²) in [6, 6.07) is 14.4. The van der Waals surface area contributed by atoms with E-state index in [4.69, 9.17) is 5.73 Å². The number of benzene rings is 2. The SMILES string of the molecule is Nc1ccccc1-c1ccccc1[PH](=O)O. The Bertz CT molecular complexity index is 540. The zero-order valence-electron chi connectivity index (χ0n) is 8.55. The quantitative estimate of drug-likeness (QED) is 0.616. The van der Waals surface area contributed by atoms with E-state index in [2.05, 4.69) is 0 Å². The highest BCUT2D eigenvalue weighted by Gasteiger charge is 2.09. The summed E-state index contributed by atoms with van der Waals surface area (Å²) >= 11 is 0. The average molecular weight is 233 g/mol. The standard InChI is InChI=1S/C12H12NO2P/c13-11-7-3-1-5-9(11)10-6-2-4-8-12(10)16(14)15/h1-8,16H,13H2,(H,14,15). The van der Waals surface area contributed by atoms with Crippen molar-refractivity contribution < 1.29 is 9.46 Å². The van der Waals surface area contributed by atoms with Crippen molar-refractivity contribution in [1.29, 1.82) is 0 Å². The molecular weight excluding hydrogens is 221 g/mol. The van der Waals surface area contributed by atoms with E-state index in [0.29, 0.717) is 11.0 Å². The van der Waals surface area contributed by atoms with Crippen LogP contribution in [-0.2, 0) is 4.57 Å². The van der Waals surface area contributed by atoms with Crippen LogP contribution in [0, 0.1) is 0 Å². The lowest BCUT2D eigenvalue weighted by molar-refractivity contribution is 0.513. The average Bonchev–Trinajstić information content (AvgIpc) is 2.29. The highest BCUT2D eigenvalue weighted by atomic mass is 31.1. The van der Waals surface area contributed by atoms with Crippen molar-refractivity contribution >= 4 is 19.0 Å². The minimum atomic E-state index is -2.71. The molecule has 3 nitrogen and oxygen atoms in total. The van der Waals surface area contributed by atoms with Crippen LogP contribution in [0.15, 0.2) is 48.5 Å². The summed E-state index contributed by atoms with van der Waals surface area (Å²) < 4.78 is 11.3. The summed E-state index contributed by atoms with van der Waals surface area (Å²) in [5.74, 6) is 0. The van der Waals surface area contributed by atoms with E-state index >= 15 is 0 Å². The van der Waals surface area contributed by atoms with Gasteiger partial charge in [-0.3, -0.25) is 4.57 Å². The van der Waals surface area contributed by atoms with E-state index in [0.717, 1.165) is 11.1 Å².